The lowest BCUT2D eigenvalue weighted by Gasteiger charge is -2.42. The summed E-state index contributed by atoms with van der Waals surface area (Å²) in [5, 5.41) is 70.9. The minimum absolute atomic E-state index is 0.0628. The van der Waals surface area contributed by atoms with E-state index in [9.17, 15) is 40.5 Å². The van der Waals surface area contributed by atoms with Crippen LogP contribution in [0.5, 0.6) is 0 Å². The normalized spacial score (nSPS) is 33.3. The van der Waals surface area contributed by atoms with E-state index < -0.39 is 86.7 Å². The molecule has 0 amide bonds. The SMILES string of the molecule is CCCCCCCCOCC(COC1OC(COC2OC(CO)C(O)C(O)C2O)C(O)C(O)C1O)OC(=O)CCCCCC. The maximum atomic E-state index is 12.5. The van der Waals surface area contributed by atoms with Crippen LogP contribution in [0, 0.1) is 0 Å². The summed E-state index contributed by atoms with van der Waals surface area (Å²) in [4.78, 5) is 12.5. The first-order valence-electron chi connectivity index (χ1n) is 16.1. The highest BCUT2D eigenvalue weighted by Gasteiger charge is 2.47. The second kappa shape index (κ2) is 21.7. The second-order valence-corrected chi connectivity index (χ2v) is 11.6. The van der Waals surface area contributed by atoms with Crippen molar-refractivity contribution in [3.05, 3.63) is 0 Å². The number of aliphatic hydroxyl groups excluding tert-OH is 7. The van der Waals surface area contributed by atoms with Crippen LogP contribution in [-0.2, 0) is 33.2 Å². The molecule has 2 rings (SSSR count). The average molecular weight is 641 g/mol. The summed E-state index contributed by atoms with van der Waals surface area (Å²) in [5.74, 6) is -0.399. The van der Waals surface area contributed by atoms with Gasteiger partial charge in [-0.25, -0.2) is 0 Å². The zero-order valence-electron chi connectivity index (χ0n) is 26.2. The van der Waals surface area contributed by atoms with E-state index in [1.165, 1.54) is 19.3 Å². The molecule has 44 heavy (non-hydrogen) atoms. The predicted molar refractivity (Wildman–Crippen MR) is 155 cm³/mol. The highest BCUT2D eigenvalue weighted by atomic mass is 16.7. The number of carbonyl (C=O) groups excluding carboxylic acids is 1. The number of rotatable bonds is 22. The number of carbonyl (C=O) groups is 1. The molecule has 2 saturated heterocycles. The standard InChI is InChI=1S/C30H56O14/c1-3-5-7-9-10-12-14-39-16-19(42-22(32)13-11-8-6-4-2)17-40-29-28(38)26(36)24(34)21(44-29)18-41-30-27(37)25(35)23(33)20(15-31)43-30/h19-21,23-31,33-38H,3-18H2,1-2H3. The Kier molecular flexibility index (Phi) is 19.3. The van der Waals surface area contributed by atoms with E-state index >= 15 is 0 Å². The maximum Gasteiger partial charge on any atom is 0.306 e. The van der Waals surface area contributed by atoms with Crippen molar-refractivity contribution in [1.29, 1.82) is 0 Å². The Labute approximate surface area is 260 Å². The van der Waals surface area contributed by atoms with Crippen molar-refractivity contribution < 1.29 is 69.0 Å². The van der Waals surface area contributed by atoms with Gasteiger partial charge in [-0.15, -0.1) is 0 Å². The van der Waals surface area contributed by atoms with Gasteiger partial charge in [0.15, 0.2) is 12.6 Å². The molecule has 260 valence electrons. The van der Waals surface area contributed by atoms with E-state index in [4.69, 9.17) is 28.4 Å². The first-order chi connectivity index (χ1) is 21.1. The fraction of sp³-hybridized carbons (Fsp3) is 0.967. The molecule has 0 aromatic carbocycles. The molecule has 0 radical (unpaired) electrons. The van der Waals surface area contributed by atoms with Crippen LogP contribution >= 0.6 is 0 Å². The molecule has 2 fully saturated rings. The monoisotopic (exact) mass is 640 g/mol. The molecule has 0 aliphatic carbocycles. The summed E-state index contributed by atoms with van der Waals surface area (Å²) in [6, 6.07) is 0. The largest absolute Gasteiger partial charge is 0.457 e. The molecule has 0 bridgehead atoms. The van der Waals surface area contributed by atoms with Gasteiger partial charge in [0, 0.05) is 13.0 Å². The van der Waals surface area contributed by atoms with Gasteiger partial charge in [0.05, 0.1) is 26.4 Å². The summed E-state index contributed by atoms with van der Waals surface area (Å²) in [6.45, 7) is 3.44. The summed E-state index contributed by atoms with van der Waals surface area (Å²) < 4.78 is 33.5. The zero-order chi connectivity index (χ0) is 32.5. The van der Waals surface area contributed by atoms with Gasteiger partial charge in [-0.2, -0.15) is 0 Å². The van der Waals surface area contributed by atoms with Crippen LogP contribution in [-0.4, -0.2) is 142 Å². The van der Waals surface area contributed by atoms with Gasteiger partial charge in [-0.05, 0) is 12.8 Å². The molecule has 7 N–H and O–H groups in total. The number of hydrogen-bond acceptors (Lipinski definition) is 14. The van der Waals surface area contributed by atoms with Gasteiger partial charge < -0.3 is 64.2 Å². The topological polar surface area (TPSA) is 214 Å². The molecule has 11 unspecified atom stereocenters. The van der Waals surface area contributed by atoms with Gasteiger partial charge in [0.25, 0.3) is 0 Å². The average Bonchev–Trinajstić information content (AvgIpc) is 3.01. The number of aliphatic hydroxyl groups is 7. The number of esters is 1. The predicted octanol–water partition coefficient (Wildman–Crippen LogP) is -0.114. The van der Waals surface area contributed by atoms with Crippen LogP contribution in [0.25, 0.3) is 0 Å². The Morgan fingerprint density at radius 1 is 0.659 bits per heavy atom. The summed E-state index contributed by atoms with van der Waals surface area (Å²) in [5.41, 5.74) is 0. The van der Waals surface area contributed by atoms with Gasteiger partial charge in [0.2, 0.25) is 0 Å². The van der Waals surface area contributed by atoms with Gasteiger partial charge >= 0.3 is 5.97 Å². The molecule has 0 aromatic rings. The fourth-order valence-corrected chi connectivity index (χ4v) is 5.05. The molecule has 14 heteroatoms. The minimum atomic E-state index is -1.69. The van der Waals surface area contributed by atoms with E-state index in [1.807, 2.05) is 0 Å². The minimum Gasteiger partial charge on any atom is -0.457 e. The third-order valence-corrected chi connectivity index (χ3v) is 7.87. The quantitative estimate of drug-likeness (QED) is 0.0608. The van der Waals surface area contributed by atoms with Crippen LogP contribution in [0.1, 0.15) is 84.5 Å². The van der Waals surface area contributed by atoms with Crippen LogP contribution in [0.15, 0.2) is 0 Å². The van der Waals surface area contributed by atoms with Crippen molar-refractivity contribution >= 4 is 5.97 Å². The lowest BCUT2D eigenvalue weighted by Crippen LogP contribution is -2.61. The molecule has 2 heterocycles. The van der Waals surface area contributed by atoms with Crippen molar-refractivity contribution in [2.24, 2.45) is 0 Å². The van der Waals surface area contributed by atoms with Crippen molar-refractivity contribution in [2.75, 3.05) is 33.0 Å². The third kappa shape index (κ3) is 13.0. The molecule has 2 aliphatic heterocycles. The molecule has 14 nitrogen and oxygen atoms in total. The van der Waals surface area contributed by atoms with Crippen LogP contribution in [0.3, 0.4) is 0 Å². The van der Waals surface area contributed by atoms with E-state index in [-0.39, 0.29) is 19.6 Å². The molecule has 0 spiro atoms. The van der Waals surface area contributed by atoms with Crippen molar-refractivity contribution in [3.8, 4) is 0 Å². The van der Waals surface area contributed by atoms with E-state index in [2.05, 4.69) is 13.8 Å². The smallest absolute Gasteiger partial charge is 0.306 e. The highest BCUT2D eigenvalue weighted by Crippen LogP contribution is 2.26. The molecular weight excluding hydrogens is 584 g/mol. The van der Waals surface area contributed by atoms with E-state index in [0.717, 1.165) is 38.5 Å². The van der Waals surface area contributed by atoms with Crippen LogP contribution in [0.4, 0.5) is 0 Å². The molecule has 0 saturated carbocycles. The zero-order valence-corrected chi connectivity index (χ0v) is 26.2. The van der Waals surface area contributed by atoms with Crippen LogP contribution in [0.2, 0.25) is 0 Å². The second-order valence-electron chi connectivity index (χ2n) is 11.6. The van der Waals surface area contributed by atoms with Crippen molar-refractivity contribution in [3.63, 3.8) is 0 Å². The fourth-order valence-electron chi connectivity index (χ4n) is 5.05. The Hall–Kier alpha value is -1.01. The lowest BCUT2D eigenvalue weighted by molar-refractivity contribution is -0.332. The Morgan fingerprint density at radius 2 is 1.20 bits per heavy atom. The summed E-state index contributed by atoms with van der Waals surface area (Å²) in [7, 11) is 0. The first kappa shape index (κ1) is 39.2. The third-order valence-electron chi connectivity index (χ3n) is 7.87. The van der Waals surface area contributed by atoms with Crippen molar-refractivity contribution in [1.82, 2.24) is 0 Å². The maximum absolute atomic E-state index is 12.5. The first-order valence-corrected chi connectivity index (χ1v) is 16.1. The summed E-state index contributed by atoms with van der Waals surface area (Å²) >= 11 is 0. The number of hydrogen-bond donors (Lipinski definition) is 7. The molecule has 2 aliphatic rings. The summed E-state index contributed by atoms with van der Waals surface area (Å²) in [6.07, 6.45) is -5.58. The van der Waals surface area contributed by atoms with Gasteiger partial charge in [0.1, 0.15) is 54.9 Å². The Morgan fingerprint density at radius 3 is 1.84 bits per heavy atom. The lowest BCUT2D eigenvalue weighted by atomic mass is 9.98. The van der Waals surface area contributed by atoms with Crippen molar-refractivity contribution in [2.45, 2.75) is 152 Å². The van der Waals surface area contributed by atoms with Gasteiger partial charge in [-0.1, -0.05) is 65.2 Å². The van der Waals surface area contributed by atoms with E-state index in [0.29, 0.717) is 13.0 Å². The molecule has 11 atom stereocenters. The highest BCUT2D eigenvalue weighted by molar-refractivity contribution is 5.69. The van der Waals surface area contributed by atoms with Gasteiger partial charge in [-0.3, -0.25) is 4.79 Å². The van der Waals surface area contributed by atoms with Crippen LogP contribution < -0.4 is 0 Å². The molecular formula is C30H56O14. The Bertz CT molecular complexity index is 757. The van der Waals surface area contributed by atoms with E-state index in [1.54, 1.807) is 0 Å². The number of ether oxygens (including phenoxy) is 6. The molecule has 0 aromatic heterocycles. The number of unbranched alkanes of at least 4 members (excludes halogenated alkanes) is 8. The Balaban J connectivity index is 1.93.